The van der Waals surface area contributed by atoms with Crippen molar-refractivity contribution in [3.05, 3.63) is 84.2 Å². The molecule has 5 aromatic rings. The first-order valence-electron chi connectivity index (χ1n) is 11.7. The molecule has 3 aromatic heterocycles. The van der Waals surface area contributed by atoms with Gasteiger partial charge in [-0.05, 0) is 24.1 Å². The maximum absolute atomic E-state index is 11.9. The average molecular weight is 478 g/mol. The van der Waals surface area contributed by atoms with Crippen LogP contribution in [-0.2, 0) is 10.3 Å². The lowest BCUT2D eigenvalue weighted by atomic mass is 9.69. The minimum atomic E-state index is -1.05. The number of nitrogens with zero attached hydrogens (tertiary/aromatic N) is 5. The van der Waals surface area contributed by atoms with Crippen molar-refractivity contribution in [2.75, 3.05) is 7.05 Å². The van der Waals surface area contributed by atoms with E-state index in [1.54, 1.807) is 4.52 Å². The van der Waals surface area contributed by atoms with E-state index in [4.69, 9.17) is 4.98 Å². The van der Waals surface area contributed by atoms with Crippen LogP contribution in [0.5, 0.6) is 0 Å². The molecule has 0 radical (unpaired) electrons. The van der Waals surface area contributed by atoms with Crippen molar-refractivity contribution < 1.29 is 14.7 Å². The van der Waals surface area contributed by atoms with E-state index in [-0.39, 0.29) is 18.6 Å². The highest BCUT2D eigenvalue weighted by Gasteiger charge is 2.50. The molecule has 0 spiro atoms. The van der Waals surface area contributed by atoms with Crippen LogP contribution in [0, 0.1) is 6.92 Å². The summed E-state index contributed by atoms with van der Waals surface area (Å²) in [6.45, 7) is 1.92. The number of benzene rings is 2. The number of rotatable bonds is 4. The predicted molar refractivity (Wildman–Crippen MR) is 136 cm³/mol. The van der Waals surface area contributed by atoms with Gasteiger partial charge in [-0.1, -0.05) is 54.6 Å². The number of ketones is 1. The number of fused-ring (bicyclic) bond motifs is 3. The minimum Gasteiger partial charge on any atom is -0.465 e. The SMILES string of the molecule is Cc1cc2ncc3cc(-c4ccccc4)c(-c4ccc(C5(N(C)C(=O)O)CC(=O)C5)cc4)nc3n2n1. The smallest absolute Gasteiger partial charge is 0.407 e. The van der Waals surface area contributed by atoms with Gasteiger partial charge >= 0.3 is 6.09 Å². The summed E-state index contributed by atoms with van der Waals surface area (Å²) in [6, 6.07) is 21.7. The Hall–Kier alpha value is -4.59. The van der Waals surface area contributed by atoms with Gasteiger partial charge in [0.1, 0.15) is 5.78 Å². The summed E-state index contributed by atoms with van der Waals surface area (Å²) in [7, 11) is 1.52. The van der Waals surface area contributed by atoms with Crippen LogP contribution < -0.4 is 0 Å². The van der Waals surface area contributed by atoms with Crippen LogP contribution in [0.4, 0.5) is 4.79 Å². The number of hydrogen-bond acceptors (Lipinski definition) is 5. The second-order valence-corrected chi connectivity index (χ2v) is 9.32. The molecular formula is C28H23N5O3. The van der Waals surface area contributed by atoms with Crippen molar-refractivity contribution in [2.24, 2.45) is 0 Å². The second-order valence-electron chi connectivity index (χ2n) is 9.32. The molecule has 1 N–H and O–H groups in total. The summed E-state index contributed by atoms with van der Waals surface area (Å²) in [4.78, 5) is 34.5. The zero-order chi connectivity index (χ0) is 25.0. The Balaban J connectivity index is 1.53. The highest BCUT2D eigenvalue weighted by atomic mass is 16.4. The lowest BCUT2D eigenvalue weighted by Gasteiger charge is -2.46. The fourth-order valence-corrected chi connectivity index (χ4v) is 5.07. The summed E-state index contributed by atoms with van der Waals surface area (Å²) in [5, 5.41) is 15.1. The highest BCUT2D eigenvalue weighted by molar-refractivity contribution is 5.92. The Labute approximate surface area is 206 Å². The molecule has 8 nitrogen and oxygen atoms in total. The van der Waals surface area contributed by atoms with Gasteiger partial charge in [0.25, 0.3) is 0 Å². The van der Waals surface area contributed by atoms with E-state index in [2.05, 4.69) is 16.1 Å². The maximum Gasteiger partial charge on any atom is 0.407 e. The molecule has 1 fully saturated rings. The first-order chi connectivity index (χ1) is 17.4. The topological polar surface area (TPSA) is 101 Å². The molecule has 8 heteroatoms. The fraction of sp³-hybridized carbons (Fsp3) is 0.179. The quantitative estimate of drug-likeness (QED) is 0.387. The molecule has 1 amide bonds. The van der Waals surface area contributed by atoms with Gasteiger partial charge in [-0.3, -0.25) is 4.79 Å². The van der Waals surface area contributed by atoms with Crippen molar-refractivity contribution in [1.82, 2.24) is 24.5 Å². The number of aromatic nitrogens is 4. The van der Waals surface area contributed by atoms with Crippen molar-refractivity contribution in [3.8, 4) is 22.4 Å². The summed E-state index contributed by atoms with van der Waals surface area (Å²) in [6.07, 6.45) is 1.13. The molecule has 178 valence electrons. The average Bonchev–Trinajstić information content (AvgIpc) is 3.27. The van der Waals surface area contributed by atoms with Gasteiger partial charge in [0, 0.05) is 48.7 Å². The van der Waals surface area contributed by atoms with Crippen molar-refractivity contribution in [2.45, 2.75) is 25.3 Å². The van der Waals surface area contributed by atoms with Crippen LogP contribution in [-0.4, -0.2) is 48.5 Å². The van der Waals surface area contributed by atoms with Gasteiger partial charge in [-0.15, -0.1) is 0 Å². The molecule has 1 aliphatic rings. The Bertz CT molecular complexity index is 1650. The number of carbonyl (C=O) groups excluding carboxylic acids is 1. The number of carboxylic acid groups (broad SMARTS) is 1. The van der Waals surface area contributed by atoms with Gasteiger partial charge in [0.2, 0.25) is 0 Å². The van der Waals surface area contributed by atoms with E-state index in [0.29, 0.717) is 5.65 Å². The number of hydrogen-bond donors (Lipinski definition) is 1. The molecule has 0 saturated heterocycles. The third kappa shape index (κ3) is 3.33. The van der Waals surface area contributed by atoms with Crippen molar-refractivity contribution >= 4 is 28.6 Å². The number of carbonyl (C=O) groups is 2. The number of pyridine rings is 1. The van der Waals surface area contributed by atoms with E-state index in [9.17, 15) is 14.7 Å². The number of aryl methyl sites for hydroxylation is 1. The molecule has 0 unspecified atom stereocenters. The van der Waals surface area contributed by atoms with Crippen LogP contribution in [0.3, 0.4) is 0 Å². The Morgan fingerprint density at radius 1 is 1.03 bits per heavy atom. The zero-order valence-electron chi connectivity index (χ0n) is 19.8. The Morgan fingerprint density at radius 3 is 2.42 bits per heavy atom. The van der Waals surface area contributed by atoms with Crippen molar-refractivity contribution in [3.63, 3.8) is 0 Å². The molecule has 3 heterocycles. The standard InChI is InChI=1S/C28H23N5O3/c1-17-12-24-29-16-20-13-23(18-6-4-3-5-7-18)25(30-26(20)33(24)31-17)19-8-10-21(11-9-19)28(14-22(34)15-28)32(2)27(35)36/h3-13,16H,14-15H2,1-2H3,(H,35,36). The van der Waals surface area contributed by atoms with E-state index >= 15 is 0 Å². The molecular weight excluding hydrogens is 454 g/mol. The van der Waals surface area contributed by atoms with E-state index in [0.717, 1.165) is 44.7 Å². The van der Waals surface area contributed by atoms with Gasteiger partial charge in [-0.25, -0.2) is 14.8 Å². The van der Waals surface area contributed by atoms with Crippen LogP contribution >= 0.6 is 0 Å². The summed E-state index contributed by atoms with van der Waals surface area (Å²) >= 11 is 0. The first kappa shape index (κ1) is 21.9. The van der Waals surface area contributed by atoms with Crippen LogP contribution in [0.1, 0.15) is 24.1 Å². The molecule has 0 aliphatic heterocycles. The third-order valence-corrected chi connectivity index (χ3v) is 7.07. The van der Waals surface area contributed by atoms with Crippen LogP contribution in [0.25, 0.3) is 39.1 Å². The fourth-order valence-electron chi connectivity index (χ4n) is 5.07. The Morgan fingerprint density at radius 2 is 1.75 bits per heavy atom. The summed E-state index contributed by atoms with van der Waals surface area (Å²) in [5.41, 5.74) is 5.91. The van der Waals surface area contributed by atoms with Gasteiger partial charge < -0.3 is 10.0 Å². The molecule has 2 aromatic carbocycles. The number of amides is 1. The molecule has 0 bridgehead atoms. The zero-order valence-corrected chi connectivity index (χ0v) is 19.8. The van der Waals surface area contributed by atoms with Gasteiger partial charge in [0.05, 0.1) is 16.9 Å². The van der Waals surface area contributed by atoms with Crippen LogP contribution in [0.15, 0.2) is 72.9 Å². The first-order valence-corrected chi connectivity index (χ1v) is 11.7. The van der Waals surface area contributed by atoms with Gasteiger partial charge in [-0.2, -0.15) is 9.61 Å². The lowest BCUT2D eigenvalue weighted by Crippen LogP contribution is -2.55. The van der Waals surface area contributed by atoms with Crippen LogP contribution in [0.2, 0.25) is 0 Å². The summed E-state index contributed by atoms with van der Waals surface area (Å²) < 4.78 is 1.76. The summed E-state index contributed by atoms with van der Waals surface area (Å²) in [5.74, 6) is 0.0573. The normalized spacial score (nSPS) is 14.7. The maximum atomic E-state index is 11.9. The molecule has 1 saturated carbocycles. The molecule has 1 aliphatic carbocycles. The Kier molecular flexibility index (Phi) is 4.86. The lowest BCUT2D eigenvalue weighted by molar-refractivity contribution is -0.134. The highest BCUT2D eigenvalue weighted by Crippen LogP contribution is 2.44. The molecule has 0 atom stereocenters. The minimum absolute atomic E-state index is 0.0573. The van der Waals surface area contributed by atoms with E-state index < -0.39 is 11.6 Å². The molecule has 6 rings (SSSR count). The van der Waals surface area contributed by atoms with E-state index in [1.165, 1.54) is 11.9 Å². The van der Waals surface area contributed by atoms with Gasteiger partial charge in [0.15, 0.2) is 11.3 Å². The van der Waals surface area contributed by atoms with Crippen molar-refractivity contribution in [1.29, 1.82) is 0 Å². The van der Waals surface area contributed by atoms with E-state index in [1.807, 2.05) is 73.8 Å². The predicted octanol–water partition coefficient (Wildman–Crippen LogP) is 5.09. The molecule has 36 heavy (non-hydrogen) atoms. The third-order valence-electron chi connectivity index (χ3n) is 7.07. The largest absolute Gasteiger partial charge is 0.465 e. The second kappa shape index (κ2) is 7.98. The monoisotopic (exact) mass is 477 g/mol. The number of Topliss-reactive ketones (excluding diaryl/α,β-unsaturated/α-hetero) is 1.